The number of carbonyl (C=O) groups is 4. The van der Waals surface area contributed by atoms with Crippen molar-refractivity contribution in [2.75, 3.05) is 54.8 Å². The lowest BCUT2D eigenvalue weighted by Crippen LogP contribution is -2.49. The standard InChI is InChI=1S/C56H64FN7O6/c57-43-21-27-46(28-22-43)62(35-39-17-23-44(24-18-39)58-53(67)49-33-47(65)37-63(49)55(69)51(41-13-5-1-6-14-41)60-29-9-3-10-30-60)36-40-19-25-45(26-20-40)59-54(68)50-34-48(66)38-64(50)56(70)52(42-15-7-2-8-16-42)61-31-11-4-12-32-61/h1-2,5-8,13-28,47-52,65-66H,3-4,9-12,29-38H2,(H,58,67)(H,59,68)/t47?,48?,49?,50?,51-,52-/m1/s1. The van der Waals surface area contributed by atoms with Gasteiger partial charge in [0.2, 0.25) is 23.6 Å². The Bertz CT molecular complexity index is 2390. The molecule has 0 radical (unpaired) electrons. The predicted octanol–water partition coefficient (Wildman–Crippen LogP) is 7.29. The van der Waals surface area contributed by atoms with Crippen molar-refractivity contribution in [2.24, 2.45) is 0 Å². The first-order chi connectivity index (χ1) is 34.1. The van der Waals surface area contributed by atoms with Crippen LogP contribution in [0.4, 0.5) is 21.5 Å². The van der Waals surface area contributed by atoms with E-state index in [9.17, 15) is 33.8 Å². The Hall–Kier alpha value is -6.45. The van der Waals surface area contributed by atoms with E-state index >= 15 is 0 Å². The largest absolute Gasteiger partial charge is 0.391 e. The molecule has 4 fully saturated rings. The van der Waals surface area contributed by atoms with Gasteiger partial charge in [-0.3, -0.25) is 29.0 Å². The number of halogens is 1. The summed E-state index contributed by atoms with van der Waals surface area (Å²) in [5.41, 5.74) is 5.53. The minimum absolute atomic E-state index is 0.0883. The number of nitrogens with one attached hydrogen (secondary N) is 2. The van der Waals surface area contributed by atoms with Crippen LogP contribution in [-0.4, -0.2) is 117 Å². The molecule has 14 heteroatoms. The first-order valence-corrected chi connectivity index (χ1v) is 24.9. The summed E-state index contributed by atoms with van der Waals surface area (Å²) in [4.78, 5) is 66.1. The van der Waals surface area contributed by atoms with Crippen LogP contribution in [0.15, 0.2) is 133 Å². The molecule has 5 aromatic rings. The van der Waals surface area contributed by atoms with Gasteiger partial charge in [0.25, 0.3) is 0 Å². The molecule has 4 N–H and O–H groups in total. The van der Waals surface area contributed by atoms with Crippen LogP contribution in [-0.2, 0) is 32.3 Å². The van der Waals surface area contributed by atoms with E-state index in [4.69, 9.17) is 0 Å². The van der Waals surface area contributed by atoms with Crippen molar-refractivity contribution in [3.63, 3.8) is 0 Å². The molecular formula is C56H64FN7O6. The first-order valence-electron chi connectivity index (χ1n) is 24.9. The second-order valence-corrected chi connectivity index (χ2v) is 19.3. The van der Waals surface area contributed by atoms with Gasteiger partial charge in [-0.1, -0.05) is 97.8 Å². The van der Waals surface area contributed by atoms with Gasteiger partial charge in [0.05, 0.1) is 12.2 Å². The number of aliphatic hydroxyl groups excluding tert-OH is 2. The minimum Gasteiger partial charge on any atom is -0.391 e. The SMILES string of the molecule is O=C(Nc1ccc(CN(Cc2ccc(NC(=O)C3CC(O)CN3C(=O)[C@@H](c3ccccc3)N3CCCCC3)cc2)c2ccc(F)cc2)cc1)C1CC(O)CN1C(=O)[C@@H](c1ccccc1)N1CCCCC1. The Balaban J connectivity index is 0.845. The summed E-state index contributed by atoms with van der Waals surface area (Å²) in [6.45, 7) is 4.25. The second-order valence-electron chi connectivity index (χ2n) is 19.3. The van der Waals surface area contributed by atoms with E-state index < -0.39 is 36.4 Å². The number of hydrogen-bond acceptors (Lipinski definition) is 9. The number of nitrogens with zero attached hydrogens (tertiary/aromatic N) is 5. The molecule has 4 aliphatic rings. The fraction of sp³-hybridized carbons (Fsp3) is 0.393. The van der Waals surface area contributed by atoms with E-state index in [0.29, 0.717) is 24.5 Å². The molecule has 4 aliphatic heterocycles. The van der Waals surface area contributed by atoms with Crippen molar-refractivity contribution in [3.05, 3.63) is 162 Å². The lowest BCUT2D eigenvalue weighted by Gasteiger charge is -2.37. The molecule has 4 amide bonds. The molecule has 366 valence electrons. The molecule has 0 aliphatic carbocycles. The van der Waals surface area contributed by atoms with Crippen molar-refractivity contribution in [2.45, 2.75) is 101 Å². The number of carbonyl (C=O) groups excluding carboxylic acids is 4. The zero-order valence-corrected chi connectivity index (χ0v) is 39.6. The number of amides is 4. The zero-order valence-electron chi connectivity index (χ0n) is 39.6. The van der Waals surface area contributed by atoms with Crippen molar-refractivity contribution < 1.29 is 33.8 Å². The first kappa shape index (κ1) is 48.6. The van der Waals surface area contributed by atoms with Gasteiger partial charge in [0, 0.05) is 56.1 Å². The summed E-state index contributed by atoms with van der Waals surface area (Å²) in [5, 5.41) is 27.6. The third kappa shape index (κ3) is 11.6. The van der Waals surface area contributed by atoms with Crippen molar-refractivity contribution in [1.29, 1.82) is 0 Å². The van der Waals surface area contributed by atoms with Gasteiger partial charge in [0.1, 0.15) is 30.0 Å². The molecule has 5 aromatic carbocycles. The second kappa shape index (κ2) is 22.5. The van der Waals surface area contributed by atoms with Crippen LogP contribution in [0.2, 0.25) is 0 Å². The molecular weight excluding hydrogens is 886 g/mol. The van der Waals surface area contributed by atoms with Gasteiger partial charge < -0.3 is 35.5 Å². The summed E-state index contributed by atoms with van der Waals surface area (Å²) < 4.78 is 14.1. The molecule has 13 nitrogen and oxygen atoms in total. The van der Waals surface area contributed by atoms with Gasteiger partial charge in [-0.25, -0.2) is 4.39 Å². The number of anilines is 3. The predicted molar refractivity (Wildman–Crippen MR) is 268 cm³/mol. The van der Waals surface area contributed by atoms with E-state index in [1.54, 1.807) is 21.9 Å². The van der Waals surface area contributed by atoms with Gasteiger partial charge in [0.15, 0.2) is 0 Å². The quantitative estimate of drug-likeness (QED) is 0.0850. The Morgan fingerprint density at radius 1 is 0.529 bits per heavy atom. The molecule has 6 atom stereocenters. The van der Waals surface area contributed by atoms with Crippen molar-refractivity contribution >= 4 is 40.7 Å². The van der Waals surface area contributed by atoms with Gasteiger partial charge >= 0.3 is 0 Å². The van der Waals surface area contributed by atoms with E-state index in [1.807, 2.05) is 109 Å². The maximum Gasteiger partial charge on any atom is 0.247 e. The lowest BCUT2D eigenvalue weighted by molar-refractivity contribution is -0.142. The topological polar surface area (TPSA) is 149 Å². The summed E-state index contributed by atoms with van der Waals surface area (Å²) in [6, 6.07) is 37.9. The zero-order chi connectivity index (χ0) is 48.6. The van der Waals surface area contributed by atoms with Crippen molar-refractivity contribution in [1.82, 2.24) is 19.6 Å². The molecule has 9 rings (SSSR count). The average Bonchev–Trinajstić information content (AvgIpc) is 3.99. The van der Waals surface area contributed by atoms with Crippen LogP contribution >= 0.6 is 0 Å². The van der Waals surface area contributed by atoms with Crippen LogP contribution in [0, 0.1) is 5.82 Å². The summed E-state index contributed by atoms with van der Waals surface area (Å²) in [5.74, 6) is -1.41. The Morgan fingerprint density at radius 3 is 1.30 bits per heavy atom. The van der Waals surface area contributed by atoms with E-state index in [-0.39, 0.29) is 55.4 Å². The minimum atomic E-state index is -0.830. The molecule has 4 saturated heterocycles. The third-order valence-electron chi connectivity index (χ3n) is 14.3. The number of likely N-dealkylation sites (tertiary alicyclic amines) is 4. The number of piperidine rings is 2. The normalized spacial score (nSPS) is 21.8. The third-order valence-corrected chi connectivity index (χ3v) is 14.3. The molecule has 0 aromatic heterocycles. The molecule has 0 saturated carbocycles. The summed E-state index contributed by atoms with van der Waals surface area (Å²) in [6.07, 6.45) is 4.92. The van der Waals surface area contributed by atoms with E-state index in [1.165, 1.54) is 12.1 Å². The highest BCUT2D eigenvalue weighted by molar-refractivity contribution is 5.99. The van der Waals surface area contributed by atoms with Crippen LogP contribution in [0.3, 0.4) is 0 Å². The van der Waals surface area contributed by atoms with Crippen LogP contribution in [0.5, 0.6) is 0 Å². The summed E-state index contributed by atoms with van der Waals surface area (Å²) >= 11 is 0. The van der Waals surface area contributed by atoms with Gasteiger partial charge in [-0.05, 0) is 123 Å². The van der Waals surface area contributed by atoms with E-state index in [0.717, 1.165) is 92.6 Å². The number of hydrogen-bond donors (Lipinski definition) is 4. The van der Waals surface area contributed by atoms with E-state index in [2.05, 4.69) is 25.3 Å². The number of β-amino-alcohol motifs (C(OH)–C–C–N with tert-alkyl or cyclic N) is 2. The highest BCUT2D eigenvalue weighted by atomic mass is 19.1. The average molecular weight is 950 g/mol. The van der Waals surface area contributed by atoms with Crippen LogP contribution in [0.25, 0.3) is 0 Å². The Labute approximate surface area is 409 Å². The van der Waals surface area contributed by atoms with Crippen LogP contribution in [0.1, 0.15) is 85.7 Å². The number of rotatable bonds is 15. The molecule has 4 unspecified atom stereocenters. The molecule has 4 heterocycles. The summed E-state index contributed by atoms with van der Waals surface area (Å²) in [7, 11) is 0. The highest BCUT2D eigenvalue weighted by Gasteiger charge is 2.45. The smallest absolute Gasteiger partial charge is 0.247 e. The Kier molecular flexibility index (Phi) is 15.6. The fourth-order valence-corrected chi connectivity index (χ4v) is 10.7. The highest BCUT2D eigenvalue weighted by Crippen LogP contribution is 2.33. The van der Waals surface area contributed by atoms with Gasteiger partial charge in [-0.2, -0.15) is 0 Å². The molecule has 0 spiro atoms. The van der Waals surface area contributed by atoms with Crippen molar-refractivity contribution in [3.8, 4) is 0 Å². The van der Waals surface area contributed by atoms with Gasteiger partial charge in [-0.15, -0.1) is 0 Å². The number of aliphatic hydroxyl groups is 2. The Morgan fingerprint density at radius 2 is 0.914 bits per heavy atom. The monoisotopic (exact) mass is 949 g/mol. The molecule has 0 bridgehead atoms. The maximum absolute atomic E-state index is 14.4. The lowest BCUT2D eigenvalue weighted by atomic mass is 10.00. The van der Waals surface area contributed by atoms with Crippen LogP contribution < -0.4 is 15.5 Å². The maximum atomic E-state index is 14.4. The number of benzene rings is 5. The fourth-order valence-electron chi connectivity index (χ4n) is 10.7. The molecule has 70 heavy (non-hydrogen) atoms.